The van der Waals surface area contributed by atoms with Gasteiger partial charge >= 0.3 is 12.0 Å². The van der Waals surface area contributed by atoms with Crippen molar-refractivity contribution in [3.05, 3.63) is 36.0 Å². The van der Waals surface area contributed by atoms with Gasteiger partial charge in [-0.1, -0.05) is 5.16 Å². The quantitative estimate of drug-likeness (QED) is 0.587. The number of aromatic nitrogens is 2. The summed E-state index contributed by atoms with van der Waals surface area (Å²) in [5.74, 6) is -1.10. The molecule has 0 aliphatic carbocycles. The summed E-state index contributed by atoms with van der Waals surface area (Å²) in [7, 11) is 0. The predicted octanol–water partition coefficient (Wildman–Crippen LogP) is 0.907. The lowest BCUT2D eigenvalue weighted by atomic mass is 10.1. The van der Waals surface area contributed by atoms with Crippen LogP contribution in [0, 0.1) is 5.82 Å². The fraction of sp³-hybridized carbons (Fsp3) is 0.267. The maximum absolute atomic E-state index is 12.9. The van der Waals surface area contributed by atoms with Crippen molar-refractivity contribution in [2.24, 2.45) is 0 Å². The summed E-state index contributed by atoms with van der Waals surface area (Å²) >= 11 is 0. The number of hydrogen-bond acceptors (Lipinski definition) is 7. The van der Waals surface area contributed by atoms with E-state index < -0.39 is 23.9 Å². The molecule has 1 saturated heterocycles. The van der Waals surface area contributed by atoms with E-state index in [-0.39, 0.29) is 37.0 Å². The smallest absolute Gasteiger partial charge is 0.322 e. The predicted molar refractivity (Wildman–Crippen MR) is 79.2 cm³/mol. The number of esters is 1. The van der Waals surface area contributed by atoms with Gasteiger partial charge in [0.1, 0.15) is 11.9 Å². The molecule has 1 fully saturated rings. The van der Waals surface area contributed by atoms with Crippen LogP contribution in [0.4, 0.5) is 9.18 Å². The third kappa shape index (κ3) is 4.16. The molecule has 3 rings (SSSR count). The summed E-state index contributed by atoms with van der Waals surface area (Å²) in [6.45, 7) is -0.226. The van der Waals surface area contributed by atoms with Crippen LogP contribution in [-0.2, 0) is 20.9 Å². The van der Waals surface area contributed by atoms with Crippen molar-refractivity contribution in [3.63, 3.8) is 0 Å². The van der Waals surface area contributed by atoms with E-state index in [9.17, 15) is 18.8 Å². The Morgan fingerprint density at radius 1 is 1.28 bits per heavy atom. The van der Waals surface area contributed by atoms with Crippen LogP contribution >= 0.6 is 0 Å². The normalized spacial score (nSPS) is 16.4. The average Bonchev–Trinajstić information content (AvgIpc) is 3.18. The highest BCUT2D eigenvalue weighted by Gasteiger charge is 2.29. The fourth-order valence-corrected chi connectivity index (χ4v) is 2.17. The summed E-state index contributed by atoms with van der Waals surface area (Å²) in [6, 6.07) is 4.21. The summed E-state index contributed by atoms with van der Waals surface area (Å²) in [4.78, 5) is 38.0. The molecule has 0 bridgehead atoms. The van der Waals surface area contributed by atoms with Crippen LogP contribution in [0.25, 0.3) is 11.4 Å². The Morgan fingerprint density at radius 2 is 2.04 bits per heavy atom. The lowest BCUT2D eigenvalue weighted by Gasteiger charge is -2.06. The zero-order chi connectivity index (χ0) is 17.8. The van der Waals surface area contributed by atoms with Crippen LogP contribution < -0.4 is 10.6 Å². The second-order valence-electron chi connectivity index (χ2n) is 5.23. The minimum Gasteiger partial charge on any atom is -0.456 e. The molecule has 2 aromatic rings. The van der Waals surface area contributed by atoms with Gasteiger partial charge in [0.05, 0.1) is 0 Å². The van der Waals surface area contributed by atoms with Crippen LogP contribution in [0.1, 0.15) is 18.7 Å². The molecule has 0 radical (unpaired) electrons. The van der Waals surface area contributed by atoms with Crippen LogP contribution in [0.15, 0.2) is 28.8 Å². The molecule has 9 nitrogen and oxygen atoms in total. The Bertz CT molecular complexity index is 805. The maximum Gasteiger partial charge on any atom is 0.322 e. The number of nitrogens with zero attached hydrogens (tertiary/aromatic N) is 2. The topological polar surface area (TPSA) is 123 Å². The Balaban J connectivity index is 1.47. The Kier molecular flexibility index (Phi) is 4.68. The van der Waals surface area contributed by atoms with E-state index in [2.05, 4.69) is 20.8 Å². The van der Waals surface area contributed by atoms with Crippen molar-refractivity contribution in [1.29, 1.82) is 0 Å². The van der Waals surface area contributed by atoms with E-state index in [1.807, 2.05) is 0 Å². The number of nitrogens with one attached hydrogen (secondary N) is 2. The van der Waals surface area contributed by atoms with Crippen LogP contribution in [0.5, 0.6) is 0 Å². The van der Waals surface area contributed by atoms with Gasteiger partial charge in [-0.05, 0) is 30.7 Å². The van der Waals surface area contributed by atoms with E-state index >= 15 is 0 Å². The minimum absolute atomic E-state index is 0.0582. The largest absolute Gasteiger partial charge is 0.456 e. The first-order chi connectivity index (χ1) is 12.0. The molecule has 2 N–H and O–H groups in total. The Morgan fingerprint density at radius 3 is 2.72 bits per heavy atom. The van der Waals surface area contributed by atoms with Gasteiger partial charge in [0.15, 0.2) is 6.61 Å². The van der Waals surface area contributed by atoms with E-state index in [0.29, 0.717) is 5.56 Å². The van der Waals surface area contributed by atoms with Crippen LogP contribution in [0.2, 0.25) is 0 Å². The number of carbonyl (C=O) groups excluding carboxylic acids is 3. The lowest BCUT2D eigenvalue weighted by molar-refractivity contribution is -0.146. The second kappa shape index (κ2) is 7.07. The van der Waals surface area contributed by atoms with E-state index in [4.69, 9.17) is 9.26 Å². The third-order valence-electron chi connectivity index (χ3n) is 3.42. The number of imide groups is 1. The average molecular weight is 348 g/mol. The van der Waals surface area contributed by atoms with Gasteiger partial charge in [-0.2, -0.15) is 4.98 Å². The Labute approximate surface area is 140 Å². The summed E-state index contributed by atoms with van der Waals surface area (Å²) in [5.41, 5.74) is 0.561. The summed E-state index contributed by atoms with van der Waals surface area (Å²) < 4.78 is 22.8. The van der Waals surface area contributed by atoms with Crippen LogP contribution in [0.3, 0.4) is 0 Å². The number of halogens is 1. The molecule has 1 atom stereocenters. The molecular weight excluding hydrogens is 335 g/mol. The van der Waals surface area contributed by atoms with Crippen LogP contribution in [-0.4, -0.2) is 34.1 Å². The monoisotopic (exact) mass is 348 g/mol. The molecule has 0 saturated carbocycles. The molecule has 10 heteroatoms. The van der Waals surface area contributed by atoms with Gasteiger partial charge in [0.2, 0.25) is 5.82 Å². The highest BCUT2D eigenvalue weighted by molar-refractivity contribution is 6.04. The van der Waals surface area contributed by atoms with Gasteiger partial charge in [0, 0.05) is 12.0 Å². The first-order valence-corrected chi connectivity index (χ1v) is 7.37. The molecule has 1 aromatic heterocycles. The molecule has 1 aromatic carbocycles. The highest BCUT2D eigenvalue weighted by Crippen LogP contribution is 2.16. The van der Waals surface area contributed by atoms with E-state index in [0.717, 1.165) is 0 Å². The van der Waals surface area contributed by atoms with E-state index in [1.54, 1.807) is 0 Å². The second-order valence-corrected chi connectivity index (χ2v) is 5.23. The van der Waals surface area contributed by atoms with Crippen molar-refractivity contribution < 1.29 is 28.0 Å². The molecule has 3 amide bonds. The van der Waals surface area contributed by atoms with Crippen molar-refractivity contribution in [2.75, 3.05) is 0 Å². The number of carbonyl (C=O) groups is 3. The number of amides is 3. The fourth-order valence-electron chi connectivity index (χ4n) is 2.17. The zero-order valence-electron chi connectivity index (χ0n) is 12.8. The standard InChI is InChI=1S/C15H13FN4O5/c16-9-3-1-8(2-4-9)13-18-11(25-20-13)7-24-12(21)6-5-10-14(22)19-15(23)17-10/h1-4,10H,5-7H2,(H2,17,19,22,23). The Hall–Kier alpha value is -3.30. The molecule has 1 aliphatic heterocycles. The summed E-state index contributed by atoms with van der Waals surface area (Å²) in [6.07, 6.45) is 0.0678. The lowest BCUT2D eigenvalue weighted by Crippen LogP contribution is -2.29. The molecule has 25 heavy (non-hydrogen) atoms. The molecular formula is C15H13FN4O5. The number of benzene rings is 1. The molecule has 130 valence electrons. The van der Waals surface area contributed by atoms with Gasteiger partial charge in [-0.25, -0.2) is 9.18 Å². The van der Waals surface area contributed by atoms with Crippen molar-refractivity contribution in [1.82, 2.24) is 20.8 Å². The maximum atomic E-state index is 12.9. The highest BCUT2D eigenvalue weighted by atomic mass is 19.1. The SMILES string of the molecule is O=C1NC(=O)C(CCC(=O)OCc2nc(-c3ccc(F)cc3)no2)N1. The third-order valence-corrected chi connectivity index (χ3v) is 3.42. The number of ether oxygens (including phenoxy) is 1. The van der Waals surface area contributed by atoms with Crippen molar-refractivity contribution in [3.8, 4) is 11.4 Å². The van der Waals surface area contributed by atoms with Gasteiger partial charge in [-0.3, -0.25) is 14.9 Å². The molecule has 0 spiro atoms. The summed E-state index contributed by atoms with van der Waals surface area (Å²) in [5, 5.41) is 8.18. The first-order valence-electron chi connectivity index (χ1n) is 7.37. The molecule has 2 heterocycles. The number of hydrogen-bond donors (Lipinski definition) is 2. The molecule has 1 aliphatic rings. The van der Waals surface area contributed by atoms with Gasteiger partial charge in [-0.15, -0.1) is 0 Å². The van der Waals surface area contributed by atoms with Crippen molar-refractivity contribution in [2.45, 2.75) is 25.5 Å². The number of urea groups is 1. The van der Waals surface area contributed by atoms with Gasteiger partial charge in [0.25, 0.3) is 11.8 Å². The van der Waals surface area contributed by atoms with Crippen molar-refractivity contribution >= 4 is 17.9 Å². The van der Waals surface area contributed by atoms with Gasteiger partial charge < -0.3 is 14.6 Å². The first kappa shape index (κ1) is 16.6. The zero-order valence-corrected chi connectivity index (χ0v) is 12.8. The minimum atomic E-state index is -0.742. The molecule has 1 unspecified atom stereocenters. The number of rotatable bonds is 6. The van der Waals surface area contributed by atoms with E-state index in [1.165, 1.54) is 24.3 Å².